The van der Waals surface area contributed by atoms with Gasteiger partial charge in [0.25, 0.3) is 0 Å². The van der Waals surface area contributed by atoms with Crippen molar-refractivity contribution in [3.8, 4) is 5.75 Å². The second kappa shape index (κ2) is 5.67. The lowest BCUT2D eigenvalue weighted by Crippen LogP contribution is -2.11. The highest BCUT2D eigenvalue weighted by Gasteiger charge is 2.16. The predicted octanol–water partition coefficient (Wildman–Crippen LogP) is 3.37. The zero-order chi connectivity index (χ0) is 13.8. The van der Waals surface area contributed by atoms with Crippen LogP contribution in [-0.2, 0) is 0 Å². The molecule has 0 fully saturated rings. The van der Waals surface area contributed by atoms with Gasteiger partial charge in [0, 0.05) is 4.47 Å². The van der Waals surface area contributed by atoms with Crippen molar-refractivity contribution in [2.75, 3.05) is 0 Å². The highest BCUT2D eigenvalue weighted by Crippen LogP contribution is 2.24. The molecule has 0 aliphatic carbocycles. The lowest BCUT2D eigenvalue weighted by molar-refractivity contribution is 0.0681. The Morgan fingerprint density at radius 1 is 1.05 bits per heavy atom. The van der Waals surface area contributed by atoms with E-state index in [1.165, 1.54) is 12.1 Å². The van der Waals surface area contributed by atoms with Crippen LogP contribution in [0.2, 0.25) is 0 Å². The van der Waals surface area contributed by atoms with Gasteiger partial charge in [-0.15, -0.1) is 0 Å². The molecule has 1 N–H and O–H groups in total. The van der Waals surface area contributed by atoms with Crippen molar-refractivity contribution in [3.05, 3.63) is 64.1 Å². The molecule has 0 heterocycles. The summed E-state index contributed by atoms with van der Waals surface area (Å²) in [7, 11) is 0. The second-order valence-electron chi connectivity index (χ2n) is 3.70. The molecular weight excluding hydrogens is 312 g/mol. The summed E-state index contributed by atoms with van der Waals surface area (Å²) >= 11 is 3.17. The molecule has 0 unspecified atom stereocenters. The smallest absolute Gasteiger partial charge is 0.343 e. The molecule has 5 heteroatoms. The van der Waals surface area contributed by atoms with Crippen LogP contribution in [0.5, 0.6) is 5.75 Å². The van der Waals surface area contributed by atoms with Gasteiger partial charge in [-0.25, -0.2) is 9.59 Å². The molecule has 0 spiro atoms. The van der Waals surface area contributed by atoms with Gasteiger partial charge in [0.1, 0.15) is 11.3 Å². The third-order valence-corrected chi connectivity index (χ3v) is 2.88. The first-order valence-corrected chi connectivity index (χ1v) is 6.17. The molecule has 2 aromatic rings. The molecule has 0 radical (unpaired) electrons. The quantitative estimate of drug-likeness (QED) is 0.695. The Balaban J connectivity index is 2.29. The number of carbonyl (C=O) groups excluding carboxylic acids is 1. The third-order valence-electron chi connectivity index (χ3n) is 2.38. The molecule has 0 bridgehead atoms. The summed E-state index contributed by atoms with van der Waals surface area (Å²) in [6, 6.07) is 12.8. The number of halogens is 1. The maximum absolute atomic E-state index is 11.8. The Hall–Kier alpha value is -2.14. The van der Waals surface area contributed by atoms with Crippen LogP contribution in [-0.4, -0.2) is 17.0 Å². The topological polar surface area (TPSA) is 63.6 Å². The summed E-state index contributed by atoms with van der Waals surface area (Å²) in [5.74, 6) is -1.73. The van der Waals surface area contributed by atoms with Crippen molar-refractivity contribution in [2.45, 2.75) is 0 Å². The van der Waals surface area contributed by atoms with E-state index in [1.54, 1.807) is 36.4 Å². The normalized spacial score (nSPS) is 9.95. The number of hydrogen-bond donors (Lipinski definition) is 1. The highest BCUT2D eigenvalue weighted by molar-refractivity contribution is 9.10. The van der Waals surface area contributed by atoms with Gasteiger partial charge < -0.3 is 9.84 Å². The monoisotopic (exact) mass is 320 g/mol. The van der Waals surface area contributed by atoms with Crippen LogP contribution in [0.1, 0.15) is 20.7 Å². The van der Waals surface area contributed by atoms with Crippen molar-refractivity contribution in [3.63, 3.8) is 0 Å². The lowest BCUT2D eigenvalue weighted by atomic mass is 10.2. The van der Waals surface area contributed by atoms with Gasteiger partial charge in [-0.3, -0.25) is 0 Å². The van der Waals surface area contributed by atoms with E-state index in [4.69, 9.17) is 9.84 Å². The van der Waals surface area contributed by atoms with Crippen LogP contribution in [0, 0.1) is 0 Å². The van der Waals surface area contributed by atoms with Gasteiger partial charge in [-0.1, -0.05) is 34.1 Å². The van der Waals surface area contributed by atoms with E-state index in [0.717, 1.165) is 0 Å². The molecule has 0 aromatic heterocycles. The number of hydrogen-bond acceptors (Lipinski definition) is 3. The van der Waals surface area contributed by atoms with E-state index >= 15 is 0 Å². The maximum Gasteiger partial charge on any atom is 0.343 e. The predicted molar refractivity (Wildman–Crippen MR) is 72.5 cm³/mol. The molecule has 0 saturated carbocycles. The minimum atomic E-state index is -1.16. The SMILES string of the molecule is O=C(Oc1ccc(Br)cc1C(=O)O)c1ccccc1. The maximum atomic E-state index is 11.8. The Bertz CT molecular complexity index is 623. The fraction of sp³-hybridized carbons (Fsp3) is 0. The fourth-order valence-electron chi connectivity index (χ4n) is 1.49. The number of aromatic carboxylic acids is 1. The van der Waals surface area contributed by atoms with Gasteiger partial charge in [-0.2, -0.15) is 0 Å². The zero-order valence-corrected chi connectivity index (χ0v) is 11.3. The molecule has 96 valence electrons. The lowest BCUT2D eigenvalue weighted by Gasteiger charge is -2.07. The van der Waals surface area contributed by atoms with Gasteiger partial charge in [0.05, 0.1) is 5.56 Å². The van der Waals surface area contributed by atoms with Gasteiger partial charge >= 0.3 is 11.9 Å². The van der Waals surface area contributed by atoms with Crippen molar-refractivity contribution in [1.29, 1.82) is 0 Å². The molecule has 19 heavy (non-hydrogen) atoms. The number of carboxylic acid groups (broad SMARTS) is 1. The Morgan fingerprint density at radius 2 is 1.74 bits per heavy atom. The number of rotatable bonds is 3. The molecule has 2 aromatic carbocycles. The van der Waals surface area contributed by atoms with E-state index in [2.05, 4.69) is 15.9 Å². The first-order chi connectivity index (χ1) is 9.08. The van der Waals surface area contributed by atoms with Crippen LogP contribution in [0.25, 0.3) is 0 Å². The van der Waals surface area contributed by atoms with E-state index in [1.807, 2.05) is 0 Å². The van der Waals surface area contributed by atoms with Crippen molar-refractivity contribution in [2.24, 2.45) is 0 Å². The number of benzene rings is 2. The third kappa shape index (κ3) is 3.20. The van der Waals surface area contributed by atoms with Gasteiger partial charge in [0.2, 0.25) is 0 Å². The van der Waals surface area contributed by atoms with E-state index in [0.29, 0.717) is 10.0 Å². The van der Waals surface area contributed by atoms with Crippen LogP contribution in [0.15, 0.2) is 53.0 Å². The highest BCUT2D eigenvalue weighted by atomic mass is 79.9. The van der Waals surface area contributed by atoms with Gasteiger partial charge in [0.15, 0.2) is 0 Å². The summed E-state index contributed by atoms with van der Waals surface area (Å²) in [6.07, 6.45) is 0. The van der Waals surface area contributed by atoms with E-state index in [9.17, 15) is 9.59 Å². The first kappa shape index (κ1) is 13.3. The fourth-order valence-corrected chi connectivity index (χ4v) is 1.85. The van der Waals surface area contributed by atoms with Crippen molar-refractivity contribution < 1.29 is 19.4 Å². The van der Waals surface area contributed by atoms with Crippen molar-refractivity contribution in [1.82, 2.24) is 0 Å². The molecule has 4 nitrogen and oxygen atoms in total. The molecule has 0 saturated heterocycles. The van der Waals surface area contributed by atoms with Crippen LogP contribution in [0.3, 0.4) is 0 Å². The summed E-state index contributed by atoms with van der Waals surface area (Å²) < 4.78 is 5.71. The van der Waals surface area contributed by atoms with Gasteiger partial charge in [-0.05, 0) is 30.3 Å². The molecule has 0 atom stereocenters. The van der Waals surface area contributed by atoms with E-state index < -0.39 is 11.9 Å². The standard InChI is InChI=1S/C14H9BrO4/c15-10-6-7-12(11(8-10)13(16)17)19-14(18)9-4-2-1-3-5-9/h1-8H,(H,16,17). The summed E-state index contributed by atoms with van der Waals surface area (Å²) in [4.78, 5) is 22.9. The summed E-state index contributed by atoms with van der Waals surface area (Å²) in [5.41, 5.74) is 0.292. The molecule has 2 rings (SSSR count). The summed E-state index contributed by atoms with van der Waals surface area (Å²) in [5, 5.41) is 9.06. The number of ether oxygens (including phenoxy) is 1. The largest absolute Gasteiger partial charge is 0.478 e. The average molecular weight is 321 g/mol. The second-order valence-corrected chi connectivity index (χ2v) is 4.62. The average Bonchev–Trinajstić information content (AvgIpc) is 2.41. The Kier molecular flexibility index (Phi) is 3.97. The number of esters is 1. The molecule has 0 amide bonds. The van der Waals surface area contributed by atoms with Crippen LogP contribution in [0.4, 0.5) is 0 Å². The zero-order valence-electron chi connectivity index (χ0n) is 9.67. The minimum Gasteiger partial charge on any atom is -0.478 e. The number of carbonyl (C=O) groups is 2. The Labute approximate surface area is 117 Å². The minimum absolute atomic E-state index is 0.0181. The Morgan fingerprint density at radius 3 is 2.37 bits per heavy atom. The van der Waals surface area contributed by atoms with Crippen molar-refractivity contribution >= 4 is 27.9 Å². The molecular formula is C14H9BrO4. The molecule has 0 aliphatic rings. The molecule has 0 aliphatic heterocycles. The van der Waals surface area contributed by atoms with Crippen LogP contribution < -0.4 is 4.74 Å². The summed E-state index contributed by atoms with van der Waals surface area (Å²) in [6.45, 7) is 0. The van der Waals surface area contributed by atoms with Crippen LogP contribution >= 0.6 is 15.9 Å². The van der Waals surface area contributed by atoms with E-state index in [-0.39, 0.29) is 11.3 Å². The number of carboxylic acids is 1. The first-order valence-electron chi connectivity index (χ1n) is 5.38.